The summed E-state index contributed by atoms with van der Waals surface area (Å²) in [6, 6.07) is 8.57. The van der Waals surface area contributed by atoms with Gasteiger partial charge in [-0.1, -0.05) is 18.2 Å². The molecule has 1 aromatic carbocycles. The Labute approximate surface area is 128 Å². The Morgan fingerprint density at radius 1 is 1.33 bits per heavy atom. The summed E-state index contributed by atoms with van der Waals surface area (Å²) < 4.78 is 27.3. The van der Waals surface area contributed by atoms with E-state index in [0.717, 1.165) is 5.39 Å². The largest absolute Gasteiger partial charge is 0.388 e. The van der Waals surface area contributed by atoms with Crippen LogP contribution < -0.4 is 4.72 Å². The van der Waals surface area contributed by atoms with Crippen LogP contribution in [0.1, 0.15) is 6.92 Å². The number of fused-ring (bicyclic) bond motifs is 1. The van der Waals surface area contributed by atoms with Gasteiger partial charge in [0.15, 0.2) is 0 Å². The highest BCUT2D eigenvalue weighted by atomic mass is 32.2. The number of nitrogens with one attached hydrogen (secondary N) is 1. The molecular formula is C14H18N2O3S2. The molecular weight excluding hydrogens is 308 g/mol. The molecule has 21 heavy (non-hydrogen) atoms. The number of benzene rings is 1. The van der Waals surface area contributed by atoms with Gasteiger partial charge in [0.1, 0.15) is 4.90 Å². The van der Waals surface area contributed by atoms with Crippen LogP contribution in [0.5, 0.6) is 0 Å². The normalized spacial score (nSPS) is 15.0. The van der Waals surface area contributed by atoms with Crippen LogP contribution in [0.15, 0.2) is 41.4 Å². The van der Waals surface area contributed by atoms with Crippen molar-refractivity contribution in [1.29, 1.82) is 0 Å². The molecule has 2 aromatic rings. The third-order valence-electron chi connectivity index (χ3n) is 2.98. The fourth-order valence-corrected chi connectivity index (χ4v) is 4.05. The van der Waals surface area contributed by atoms with Crippen molar-refractivity contribution in [3.8, 4) is 0 Å². The first kappa shape index (κ1) is 16.2. The number of hydrogen-bond donors (Lipinski definition) is 2. The molecule has 1 aromatic heterocycles. The molecule has 114 valence electrons. The van der Waals surface area contributed by atoms with Gasteiger partial charge in [0.2, 0.25) is 10.0 Å². The van der Waals surface area contributed by atoms with Gasteiger partial charge in [-0.15, -0.1) is 0 Å². The van der Waals surface area contributed by atoms with Gasteiger partial charge in [-0.25, -0.2) is 13.1 Å². The van der Waals surface area contributed by atoms with Crippen LogP contribution in [0.3, 0.4) is 0 Å². The minimum Gasteiger partial charge on any atom is -0.388 e. The topological polar surface area (TPSA) is 79.3 Å². The molecule has 5 nitrogen and oxygen atoms in total. The van der Waals surface area contributed by atoms with Crippen LogP contribution >= 0.6 is 11.8 Å². The van der Waals surface area contributed by atoms with Crippen molar-refractivity contribution in [2.75, 3.05) is 18.6 Å². The van der Waals surface area contributed by atoms with Crippen molar-refractivity contribution >= 4 is 32.7 Å². The SMILES string of the molecule is CSC[C@](C)(O)CNS(=O)(=O)c1cccc2cccnc12. The number of sulfonamides is 1. The molecule has 0 spiro atoms. The molecule has 7 heteroatoms. The van der Waals surface area contributed by atoms with Crippen molar-refractivity contribution in [3.63, 3.8) is 0 Å². The van der Waals surface area contributed by atoms with Gasteiger partial charge in [-0.3, -0.25) is 4.98 Å². The lowest BCUT2D eigenvalue weighted by atomic mass is 10.1. The molecule has 1 heterocycles. The van der Waals surface area contributed by atoms with E-state index in [4.69, 9.17) is 0 Å². The second-order valence-corrected chi connectivity index (χ2v) is 7.69. The summed E-state index contributed by atoms with van der Waals surface area (Å²) in [5.74, 6) is 0.448. The first-order valence-corrected chi connectivity index (χ1v) is 9.28. The standard InChI is InChI=1S/C14H18N2O3S2/c1-14(17,10-20-2)9-16-21(18,19)12-7-3-5-11-6-4-8-15-13(11)12/h3-8,16-17H,9-10H2,1-2H3/t14-/m1/s1. The predicted octanol–water partition coefficient (Wildman–Crippen LogP) is 1.63. The minimum atomic E-state index is -3.72. The van der Waals surface area contributed by atoms with Gasteiger partial charge in [0.25, 0.3) is 0 Å². The molecule has 0 aliphatic rings. The van der Waals surface area contributed by atoms with E-state index in [2.05, 4.69) is 9.71 Å². The van der Waals surface area contributed by atoms with E-state index in [-0.39, 0.29) is 11.4 Å². The number of aromatic nitrogens is 1. The number of nitrogens with zero attached hydrogens (tertiary/aromatic N) is 1. The van der Waals surface area contributed by atoms with E-state index < -0.39 is 15.6 Å². The van der Waals surface area contributed by atoms with Crippen molar-refractivity contribution in [2.45, 2.75) is 17.4 Å². The van der Waals surface area contributed by atoms with Crippen LogP contribution in [0.4, 0.5) is 0 Å². The Balaban J connectivity index is 2.30. The number of pyridine rings is 1. The third kappa shape index (κ3) is 3.94. The maximum absolute atomic E-state index is 12.4. The summed E-state index contributed by atoms with van der Waals surface area (Å²) in [6.07, 6.45) is 3.42. The molecule has 0 saturated carbocycles. The summed E-state index contributed by atoms with van der Waals surface area (Å²) in [7, 11) is -3.72. The van der Waals surface area contributed by atoms with Gasteiger partial charge >= 0.3 is 0 Å². The molecule has 0 saturated heterocycles. The molecule has 0 aliphatic heterocycles. The Morgan fingerprint density at radius 3 is 2.76 bits per heavy atom. The highest BCUT2D eigenvalue weighted by molar-refractivity contribution is 7.98. The average molecular weight is 326 g/mol. The summed E-state index contributed by atoms with van der Waals surface area (Å²) in [6.45, 7) is 1.56. The van der Waals surface area contributed by atoms with Crippen LogP contribution in [0.25, 0.3) is 10.9 Å². The fraction of sp³-hybridized carbons (Fsp3) is 0.357. The predicted molar refractivity (Wildman–Crippen MR) is 85.9 cm³/mol. The van der Waals surface area contributed by atoms with E-state index in [0.29, 0.717) is 11.3 Å². The number of thioether (sulfide) groups is 1. The first-order chi connectivity index (χ1) is 9.86. The Bertz CT molecular complexity index is 725. The maximum atomic E-state index is 12.4. The van der Waals surface area contributed by atoms with Crippen molar-refractivity contribution < 1.29 is 13.5 Å². The van der Waals surface area contributed by atoms with Crippen molar-refractivity contribution in [3.05, 3.63) is 36.5 Å². The summed E-state index contributed by atoms with van der Waals surface area (Å²) in [4.78, 5) is 4.27. The minimum absolute atomic E-state index is 0.0423. The number of hydrogen-bond acceptors (Lipinski definition) is 5. The van der Waals surface area contributed by atoms with Gasteiger partial charge in [0.05, 0.1) is 11.1 Å². The van der Waals surface area contributed by atoms with Gasteiger partial charge in [-0.05, 0) is 25.3 Å². The smallest absolute Gasteiger partial charge is 0.242 e. The molecule has 2 N–H and O–H groups in total. The van der Waals surface area contributed by atoms with E-state index in [1.807, 2.05) is 18.4 Å². The summed E-state index contributed by atoms with van der Waals surface area (Å²) >= 11 is 1.46. The van der Waals surface area contributed by atoms with Crippen molar-refractivity contribution in [2.24, 2.45) is 0 Å². The van der Waals surface area contributed by atoms with Crippen LogP contribution in [-0.4, -0.2) is 42.7 Å². The monoisotopic (exact) mass is 326 g/mol. The Hall–Kier alpha value is -1.15. The number of para-hydroxylation sites is 1. The van der Waals surface area contributed by atoms with Crippen molar-refractivity contribution in [1.82, 2.24) is 9.71 Å². The molecule has 2 rings (SSSR count). The highest BCUT2D eigenvalue weighted by Gasteiger charge is 2.25. The lowest BCUT2D eigenvalue weighted by Gasteiger charge is -2.22. The lowest BCUT2D eigenvalue weighted by molar-refractivity contribution is 0.0909. The van der Waals surface area contributed by atoms with Gasteiger partial charge in [0, 0.05) is 23.9 Å². The molecule has 0 unspecified atom stereocenters. The highest BCUT2D eigenvalue weighted by Crippen LogP contribution is 2.21. The average Bonchev–Trinajstić information content (AvgIpc) is 2.45. The molecule has 0 fully saturated rings. The lowest BCUT2D eigenvalue weighted by Crippen LogP contribution is -2.42. The Morgan fingerprint density at radius 2 is 2.05 bits per heavy atom. The van der Waals surface area contributed by atoms with E-state index in [1.54, 1.807) is 25.3 Å². The van der Waals surface area contributed by atoms with Gasteiger partial charge in [-0.2, -0.15) is 11.8 Å². The van der Waals surface area contributed by atoms with E-state index >= 15 is 0 Å². The number of rotatable bonds is 6. The maximum Gasteiger partial charge on any atom is 0.242 e. The molecule has 0 radical (unpaired) electrons. The zero-order valence-corrected chi connectivity index (χ0v) is 13.5. The zero-order chi connectivity index (χ0) is 15.5. The second kappa shape index (κ2) is 6.31. The van der Waals surface area contributed by atoms with Crippen LogP contribution in [0, 0.1) is 0 Å². The van der Waals surface area contributed by atoms with Crippen LogP contribution in [-0.2, 0) is 10.0 Å². The zero-order valence-electron chi connectivity index (χ0n) is 11.9. The second-order valence-electron chi connectivity index (χ2n) is 5.09. The first-order valence-electron chi connectivity index (χ1n) is 6.40. The molecule has 0 bridgehead atoms. The quantitative estimate of drug-likeness (QED) is 0.843. The van der Waals surface area contributed by atoms with E-state index in [9.17, 15) is 13.5 Å². The van der Waals surface area contributed by atoms with Gasteiger partial charge < -0.3 is 5.11 Å². The van der Waals surface area contributed by atoms with Crippen LogP contribution in [0.2, 0.25) is 0 Å². The Kier molecular flexibility index (Phi) is 4.88. The molecule has 1 atom stereocenters. The molecule has 0 aliphatic carbocycles. The van der Waals surface area contributed by atoms with E-state index in [1.165, 1.54) is 17.8 Å². The summed E-state index contributed by atoms with van der Waals surface area (Å²) in [5, 5.41) is 10.8. The molecule has 0 amide bonds. The number of aliphatic hydroxyl groups is 1. The fourth-order valence-electron chi connectivity index (χ4n) is 1.98. The summed E-state index contributed by atoms with van der Waals surface area (Å²) in [5.41, 5.74) is -0.665. The third-order valence-corrected chi connectivity index (χ3v) is 5.33.